The Labute approximate surface area is 147 Å². The summed E-state index contributed by atoms with van der Waals surface area (Å²) in [6.07, 6.45) is 5.39. The van der Waals surface area contributed by atoms with Crippen molar-refractivity contribution in [3.05, 3.63) is 42.3 Å². The van der Waals surface area contributed by atoms with Crippen LogP contribution < -0.4 is 0 Å². The van der Waals surface area contributed by atoms with Gasteiger partial charge in [0, 0.05) is 32.1 Å². The van der Waals surface area contributed by atoms with Crippen molar-refractivity contribution < 1.29 is 4.79 Å². The van der Waals surface area contributed by atoms with Crippen molar-refractivity contribution in [1.82, 2.24) is 9.80 Å². The first-order valence-electron chi connectivity index (χ1n) is 9.60. The molecule has 0 saturated carbocycles. The van der Waals surface area contributed by atoms with Crippen LogP contribution in [0.4, 0.5) is 0 Å². The first kappa shape index (κ1) is 17.5. The van der Waals surface area contributed by atoms with Gasteiger partial charge in [-0.2, -0.15) is 0 Å². The highest BCUT2D eigenvalue weighted by atomic mass is 16.2. The number of carbonyl (C=O) groups excluding carboxylic acids is 1. The van der Waals surface area contributed by atoms with Gasteiger partial charge >= 0.3 is 0 Å². The maximum absolute atomic E-state index is 12.6. The quantitative estimate of drug-likeness (QED) is 0.766. The second kappa shape index (κ2) is 8.15. The highest BCUT2D eigenvalue weighted by molar-refractivity contribution is 5.79. The third-order valence-electron chi connectivity index (χ3n) is 5.83. The molecule has 3 heteroatoms. The Morgan fingerprint density at radius 2 is 1.71 bits per heavy atom. The average molecular weight is 327 g/mol. The fourth-order valence-electron chi connectivity index (χ4n) is 4.35. The number of hydrogen-bond donors (Lipinski definition) is 0. The van der Waals surface area contributed by atoms with Gasteiger partial charge in [-0.15, -0.1) is 0 Å². The number of rotatable bonds is 7. The van der Waals surface area contributed by atoms with E-state index in [0.29, 0.717) is 17.7 Å². The molecule has 2 atom stereocenters. The fourth-order valence-corrected chi connectivity index (χ4v) is 4.35. The number of benzene rings is 1. The van der Waals surface area contributed by atoms with Crippen molar-refractivity contribution >= 4 is 5.91 Å². The molecule has 0 aliphatic carbocycles. The molecule has 1 radical (unpaired) electrons. The van der Waals surface area contributed by atoms with Crippen molar-refractivity contribution in [2.75, 3.05) is 32.7 Å². The Kier molecular flexibility index (Phi) is 5.94. The lowest BCUT2D eigenvalue weighted by atomic mass is 10.0. The second-order valence-electron chi connectivity index (χ2n) is 7.44. The van der Waals surface area contributed by atoms with Gasteiger partial charge in [-0.25, -0.2) is 0 Å². The number of hydrogen-bond acceptors (Lipinski definition) is 2. The van der Waals surface area contributed by atoms with Crippen LogP contribution in [0, 0.1) is 24.2 Å². The number of carbonyl (C=O) groups is 1. The average Bonchev–Trinajstić information content (AvgIpc) is 3.15. The summed E-state index contributed by atoms with van der Waals surface area (Å²) in [7, 11) is 0. The van der Waals surface area contributed by atoms with Crippen LogP contribution in [0.2, 0.25) is 0 Å². The lowest BCUT2D eigenvalue weighted by Crippen LogP contribution is -2.37. The van der Waals surface area contributed by atoms with Gasteiger partial charge in [0.2, 0.25) is 5.91 Å². The summed E-state index contributed by atoms with van der Waals surface area (Å²) in [5.41, 5.74) is 1.32. The maximum atomic E-state index is 12.6. The van der Waals surface area contributed by atoms with E-state index in [1.165, 1.54) is 18.7 Å². The first-order valence-corrected chi connectivity index (χ1v) is 9.60. The molecule has 0 N–H and O–H groups in total. The second-order valence-corrected chi connectivity index (χ2v) is 7.44. The molecule has 131 valence electrons. The SMILES string of the molecule is CCC(CC)C(=O)N1CC2CN(CC[CH]c3ccccc3)C[C@H]2C1. The summed E-state index contributed by atoms with van der Waals surface area (Å²) >= 11 is 0. The topological polar surface area (TPSA) is 23.6 Å². The Balaban J connectivity index is 1.41. The minimum atomic E-state index is 0.236. The molecule has 2 aliphatic rings. The summed E-state index contributed by atoms with van der Waals surface area (Å²) < 4.78 is 0. The van der Waals surface area contributed by atoms with Crippen LogP contribution in [0.1, 0.15) is 38.7 Å². The highest BCUT2D eigenvalue weighted by Gasteiger charge is 2.41. The molecule has 2 fully saturated rings. The molecule has 0 bridgehead atoms. The predicted molar refractivity (Wildman–Crippen MR) is 98.5 cm³/mol. The lowest BCUT2D eigenvalue weighted by Gasteiger charge is -2.24. The van der Waals surface area contributed by atoms with Crippen LogP contribution in [0.5, 0.6) is 0 Å². The van der Waals surface area contributed by atoms with E-state index in [9.17, 15) is 4.79 Å². The molecule has 2 aliphatic heterocycles. The van der Waals surface area contributed by atoms with Gasteiger partial charge in [-0.1, -0.05) is 44.2 Å². The number of likely N-dealkylation sites (tertiary alicyclic amines) is 2. The molecule has 1 unspecified atom stereocenters. The summed E-state index contributed by atoms with van der Waals surface area (Å²) in [6, 6.07) is 10.6. The zero-order valence-corrected chi connectivity index (χ0v) is 15.2. The Morgan fingerprint density at radius 3 is 2.29 bits per heavy atom. The first-order chi connectivity index (χ1) is 11.7. The summed E-state index contributed by atoms with van der Waals surface area (Å²) in [4.78, 5) is 17.3. The summed E-state index contributed by atoms with van der Waals surface area (Å²) in [5.74, 6) is 2.03. The minimum absolute atomic E-state index is 0.236. The van der Waals surface area contributed by atoms with Crippen molar-refractivity contribution in [1.29, 1.82) is 0 Å². The van der Waals surface area contributed by atoms with Crippen molar-refractivity contribution in [2.24, 2.45) is 17.8 Å². The van der Waals surface area contributed by atoms with Crippen molar-refractivity contribution in [3.8, 4) is 0 Å². The molecule has 2 saturated heterocycles. The molecule has 1 aromatic rings. The van der Waals surface area contributed by atoms with Crippen LogP contribution in [0.3, 0.4) is 0 Å². The van der Waals surface area contributed by atoms with Crippen molar-refractivity contribution in [2.45, 2.75) is 33.1 Å². The summed E-state index contributed by atoms with van der Waals surface area (Å²) in [5, 5.41) is 0. The summed E-state index contributed by atoms with van der Waals surface area (Å²) in [6.45, 7) is 9.71. The van der Waals surface area contributed by atoms with E-state index in [1.54, 1.807) is 0 Å². The largest absolute Gasteiger partial charge is 0.342 e. The van der Waals surface area contributed by atoms with Crippen LogP contribution >= 0.6 is 0 Å². The van der Waals surface area contributed by atoms with E-state index in [1.807, 2.05) is 0 Å². The van der Waals surface area contributed by atoms with Gasteiger partial charge in [0.15, 0.2) is 0 Å². The Bertz CT molecular complexity index is 512. The fraction of sp³-hybridized carbons (Fsp3) is 0.619. The number of fused-ring (bicyclic) bond motifs is 1. The zero-order chi connectivity index (χ0) is 16.9. The normalized spacial score (nSPS) is 23.9. The Hall–Kier alpha value is -1.35. The molecule has 3 nitrogen and oxygen atoms in total. The molecular formula is C21H31N2O. The third kappa shape index (κ3) is 4.00. The van der Waals surface area contributed by atoms with Crippen LogP contribution in [0.25, 0.3) is 0 Å². The zero-order valence-electron chi connectivity index (χ0n) is 15.2. The third-order valence-corrected chi connectivity index (χ3v) is 5.83. The van der Waals surface area contributed by atoms with Gasteiger partial charge in [0.1, 0.15) is 0 Å². The van der Waals surface area contributed by atoms with E-state index in [0.717, 1.165) is 38.9 Å². The van der Waals surface area contributed by atoms with Gasteiger partial charge in [-0.3, -0.25) is 4.79 Å². The van der Waals surface area contributed by atoms with E-state index in [4.69, 9.17) is 0 Å². The van der Waals surface area contributed by atoms with Gasteiger partial charge < -0.3 is 9.80 Å². The van der Waals surface area contributed by atoms with E-state index in [2.05, 4.69) is 60.4 Å². The Morgan fingerprint density at radius 1 is 1.08 bits per heavy atom. The molecule has 24 heavy (non-hydrogen) atoms. The molecule has 1 aromatic carbocycles. The maximum Gasteiger partial charge on any atom is 0.225 e. The predicted octanol–water partition coefficient (Wildman–Crippen LogP) is 3.46. The molecule has 3 rings (SSSR count). The minimum Gasteiger partial charge on any atom is -0.342 e. The molecule has 0 spiro atoms. The van der Waals surface area contributed by atoms with Crippen LogP contribution in [0.15, 0.2) is 30.3 Å². The van der Waals surface area contributed by atoms with Gasteiger partial charge in [-0.05, 0) is 49.6 Å². The molecule has 2 heterocycles. The lowest BCUT2D eigenvalue weighted by molar-refractivity contribution is -0.135. The van der Waals surface area contributed by atoms with Crippen LogP contribution in [-0.4, -0.2) is 48.4 Å². The van der Waals surface area contributed by atoms with E-state index >= 15 is 0 Å². The number of nitrogens with zero attached hydrogens (tertiary/aromatic N) is 2. The van der Waals surface area contributed by atoms with Gasteiger partial charge in [0.25, 0.3) is 0 Å². The molecular weight excluding hydrogens is 296 g/mol. The van der Waals surface area contributed by atoms with Gasteiger partial charge in [0.05, 0.1) is 0 Å². The smallest absolute Gasteiger partial charge is 0.225 e. The van der Waals surface area contributed by atoms with E-state index < -0.39 is 0 Å². The molecule has 1 amide bonds. The van der Waals surface area contributed by atoms with E-state index in [-0.39, 0.29) is 5.92 Å². The molecule has 0 aromatic heterocycles. The standard InChI is InChI=1S/C21H31N2O/c1-3-18(4-2)21(24)23-15-19-13-22(14-20(19)16-23)12-8-11-17-9-6-5-7-10-17/h5-7,9-11,18-20H,3-4,8,12-16H2,1-2H3/t19-,20?/m0/s1. The van der Waals surface area contributed by atoms with Crippen LogP contribution in [-0.2, 0) is 4.79 Å². The van der Waals surface area contributed by atoms with Crippen molar-refractivity contribution in [3.63, 3.8) is 0 Å². The monoisotopic (exact) mass is 327 g/mol. The highest BCUT2D eigenvalue weighted by Crippen LogP contribution is 2.32. The number of amides is 1.